The molecular weight excluding hydrogens is 112 g/mol. The molecule has 46 valence electrons. The molecule has 2 nitrogen and oxygen atoms in total. The average molecular weight is 121 g/mol. The van der Waals surface area contributed by atoms with Crippen LogP contribution in [0.25, 0.3) is 4.98 Å². The first-order valence-corrected chi connectivity index (χ1v) is 3.06. The lowest BCUT2D eigenvalue weighted by Gasteiger charge is -2.00. The van der Waals surface area contributed by atoms with Gasteiger partial charge in [-0.25, -0.2) is 0 Å². The van der Waals surface area contributed by atoms with Gasteiger partial charge in [0.2, 0.25) is 5.39 Å². The van der Waals surface area contributed by atoms with E-state index in [2.05, 4.69) is 11.9 Å². The quantitative estimate of drug-likeness (QED) is 0.452. The van der Waals surface area contributed by atoms with Gasteiger partial charge in [-0.3, -0.25) is 0 Å². The van der Waals surface area contributed by atoms with Crippen molar-refractivity contribution >= 4 is 0 Å². The summed E-state index contributed by atoms with van der Waals surface area (Å²) in [7, 11) is 0. The second-order valence-electron chi connectivity index (χ2n) is 2.30. The molecule has 1 unspecified atom stereocenters. The summed E-state index contributed by atoms with van der Waals surface area (Å²) in [5.41, 5.74) is 0.674. The fourth-order valence-electron chi connectivity index (χ4n) is 0.790. The molecule has 0 amide bonds. The summed E-state index contributed by atoms with van der Waals surface area (Å²) in [6, 6.07) is 0. The fraction of sp³-hybridized carbons (Fsp3) is 0.429. The van der Waals surface area contributed by atoms with Gasteiger partial charge in [0.25, 0.3) is 0 Å². The third-order valence-corrected chi connectivity index (χ3v) is 1.41. The molecule has 0 N–H and O–H groups in total. The van der Waals surface area contributed by atoms with E-state index in [9.17, 15) is 0 Å². The lowest BCUT2D eigenvalue weighted by Crippen LogP contribution is -1.91. The van der Waals surface area contributed by atoms with E-state index in [1.807, 2.05) is 18.2 Å². The Bertz CT molecular complexity index is 195. The summed E-state index contributed by atoms with van der Waals surface area (Å²) >= 11 is 0. The van der Waals surface area contributed by atoms with E-state index in [0.717, 1.165) is 6.42 Å². The molecule has 1 aliphatic rings. The summed E-state index contributed by atoms with van der Waals surface area (Å²) < 4.78 is 0. The molecule has 1 rings (SSSR count). The van der Waals surface area contributed by atoms with Crippen LogP contribution in [0.15, 0.2) is 23.9 Å². The zero-order valence-corrected chi connectivity index (χ0v) is 5.41. The maximum Gasteiger partial charge on any atom is 0.380 e. The molecule has 0 fully saturated rings. The van der Waals surface area contributed by atoms with Crippen molar-refractivity contribution in [1.82, 2.24) is 0 Å². The summed E-state index contributed by atoms with van der Waals surface area (Å²) in [5, 5.41) is 8.28. The number of nitrogens with zero attached hydrogens (tertiary/aromatic N) is 2. The zero-order valence-electron chi connectivity index (χ0n) is 5.41. The minimum atomic E-state index is 0.593. The SMILES string of the molecule is CC1C=CC([N+]#N)=CC1. The van der Waals surface area contributed by atoms with Gasteiger partial charge in [0.05, 0.1) is 0 Å². The Labute approximate surface area is 54.5 Å². The van der Waals surface area contributed by atoms with Crippen LogP contribution in [0.1, 0.15) is 13.3 Å². The van der Waals surface area contributed by atoms with E-state index in [0.29, 0.717) is 11.6 Å². The van der Waals surface area contributed by atoms with Crippen LogP contribution in [-0.2, 0) is 0 Å². The van der Waals surface area contributed by atoms with Crippen LogP contribution in [0.5, 0.6) is 0 Å². The summed E-state index contributed by atoms with van der Waals surface area (Å²) in [6.45, 7) is 2.13. The summed E-state index contributed by atoms with van der Waals surface area (Å²) in [6.07, 6.45) is 6.77. The van der Waals surface area contributed by atoms with E-state index in [1.165, 1.54) is 0 Å². The highest BCUT2D eigenvalue weighted by Crippen LogP contribution is 2.15. The molecular formula is C7H9N2+. The third-order valence-electron chi connectivity index (χ3n) is 1.41. The third kappa shape index (κ3) is 1.39. The predicted octanol–water partition coefficient (Wildman–Crippen LogP) is 2.32. The maximum absolute atomic E-state index is 8.28. The Morgan fingerprint density at radius 1 is 1.78 bits per heavy atom. The molecule has 2 heteroatoms. The zero-order chi connectivity index (χ0) is 6.69. The second-order valence-corrected chi connectivity index (χ2v) is 2.30. The second kappa shape index (κ2) is 2.45. The molecule has 0 spiro atoms. The Kier molecular flexibility index (Phi) is 1.64. The van der Waals surface area contributed by atoms with Crippen LogP contribution < -0.4 is 0 Å². The van der Waals surface area contributed by atoms with Crippen LogP contribution in [0.2, 0.25) is 0 Å². The van der Waals surface area contributed by atoms with Crippen molar-refractivity contribution in [3.8, 4) is 0 Å². The van der Waals surface area contributed by atoms with E-state index in [4.69, 9.17) is 5.39 Å². The largest absolute Gasteiger partial charge is 0.380 e. The Morgan fingerprint density at radius 2 is 2.56 bits per heavy atom. The fourth-order valence-corrected chi connectivity index (χ4v) is 0.790. The van der Waals surface area contributed by atoms with E-state index in [1.54, 1.807) is 0 Å². The van der Waals surface area contributed by atoms with Crippen molar-refractivity contribution in [3.05, 3.63) is 28.9 Å². The Morgan fingerprint density at radius 3 is 3.00 bits per heavy atom. The first kappa shape index (κ1) is 6.03. The highest BCUT2D eigenvalue weighted by atomic mass is 14.9. The summed E-state index contributed by atoms with van der Waals surface area (Å²) in [4.78, 5) is 3.06. The van der Waals surface area contributed by atoms with Gasteiger partial charge in [0.15, 0.2) is 4.98 Å². The van der Waals surface area contributed by atoms with Crippen LogP contribution >= 0.6 is 0 Å². The lowest BCUT2D eigenvalue weighted by atomic mass is 10.0. The molecule has 1 aliphatic carbocycles. The van der Waals surface area contributed by atoms with E-state index in [-0.39, 0.29) is 0 Å². The van der Waals surface area contributed by atoms with Gasteiger partial charge in [0, 0.05) is 12.2 Å². The normalized spacial score (nSPS) is 24.9. The van der Waals surface area contributed by atoms with Gasteiger partial charge in [-0.2, -0.15) is 0 Å². The van der Waals surface area contributed by atoms with Crippen molar-refractivity contribution in [2.24, 2.45) is 5.92 Å². The number of hydrogen-bond donors (Lipinski definition) is 0. The van der Waals surface area contributed by atoms with Crippen molar-refractivity contribution in [1.29, 1.82) is 5.39 Å². The number of allylic oxidation sites excluding steroid dienone is 3. The van der Waals surface area contributed by atoms with E-state index >= 15 is 0 Å². The number of rotatable bonds is 0. The molecule has 0 radical (unpaired) electrons. The first-order valence-electron chi connectivity index (χ1n) is 3.06. The molecule has 9 heavy (non-hydrogen) atoms. The van der Waals surface area contributed by atoms with Gasteiger partial charge in [-0.1, -0.05) is 13.0 Å². The maximum atomic E-state index is 8.28. The molecule has 0 aromatic heterocycles. The smallest absolute Gasteiger partial charge is 0.0734 e. The van der Waals surface area contributed by atoms with Crippen LogP contribution in [0, 0.1) is 11.3 Å². The van der Waals surface area contributed by atoms with Crippen molar-refractivity contribution < 1.29 is 0 Å². The predicted molar refractivity (Wildman–Crippen MR) is 36.1 cm³/mol. The van der Waals surface area contributed by atoms with Gasteiger partial charge in [-0.05, 0) is 12.3 Å². The minimum Gasteiger partial charge on any atom is -0.0734 e. The topological polar surface area (TPSA) is 28.1 Å². The highest BCUT2D eigenvalue weighted by molar-refractivity contribution is 5.27. The number of hydrogen-bond acceptors (Lipinski definition) is 1. The van der Waals surface area contributed by atoms with Crippen LogP contribution in [-0.4, -0.2) is 0 Å². The minimum absolute atomic E-state index is 0.593. The average Bonchev–Trinajstić information content (AvgIpc) is 1.90. The van der Waals surface area contributed by atoms with Gasteiger partial charge in [-0.15, -0.1) is 0 Å². The Hall–Kier alpha value is -1.10. The molecule has 0 aliphatic heterocycles. The number of diazo groups is 1. The van der Waals surface area contributed by atoms with Crippen LogP contribution in [0.4, 0.5) is 0 Å². The van der Waals surface area contributed by atoms with Gasteiger partial charge >= 0.3 is 5.70 Å². The van der Waals surface area contributed by atoms with Gasteiger partial charge in [0.1, 0.15) is 0 Å². The lowest BCUT2D eigenvalue weighted by molar-refractivity contribution is 0.732. The monoisotopic (exact) mass is 121 g/mol. The van der Waals surface area contributed by atoms with Crippen molar-refractivity contribution in [3.63, 3.8) is 0 Å². The van der Waals surface area contributed by atoms with Crippen molar-refractivity contribution in [2.75, 3.05) is 0 Å². The first-order chi connectivity index (χ1) is 4.33. The van der Waals surface area contributed by atoms with Crippen molar-refractivity contribution in [2.45, 2.75) is 13.3 Å². The van der Waals surface area contributed by atoms with Crippen LogP contribution in [0.3, 0.4) is 0 Å². The highest BCUT2D eigenvalue weighted by Gasteiger charge is 2.10. The van der Waals surface area contributed by atoms with Gasteiger partial charge < -0.3 is 0 Å². The molecule has 0 aromatic carbocycles. The molecule has 0 aromatic rings. The molecule has 0 saturated carbocycles. The molecule has 0 heterocycles. The molecule has 0 saturated heterocycles. The molecule has 0 bridgehead atoms. The van der Waals surface area contributed by atoms with E-state index < -0.39 is 0 Å². The summed E-state index contributed by atoms with van der Waals surface area (Å²) in [5.74, 6) is 0.593. The Balaban J connectivity index is 2.66. The molecule has 1 atom stereocenters. The standard InChI is InChI=1S/C7H9N2/c1-6-2-4-7(9-8)5-3-6/h2,4-6H,3H2,1H3/q+1.